The van der Waals surface area contributed by atoms with E-state index in [1.54, 1.807) is 41.0 Å². The summed E-state index contributed by atoms with van der Waals surface area (Å²) in [6.07, 6.45) is 1.71. The quantitative estimate of drug-likeness (QED) is 0.651. The molecule has 142 valence electrons. The second kappa shape index (κ2) is 7.84. The Labute approximate surface area is 163 Å². The number of hydrogen-bond acceptors (Lipinski definition) is 4. The van der Waals surface area contributed by atoms with Crippen molar-refractivity contribution in [3.63, 3.8) is 0 Å². The minimum absolute atomic E-state index is 0.158. The van der Waals surface area contributed by atoms with E-state index >= 15 is 0 Å². The first kappa shape index (κ1) is 19.0. The molecule has 0 radical (unpaired) electrons. The highest BCUT2D eigenvalue weighted by Gasteiger charge is 2.18. The molecule has 0 saturated carbocycles. The van der Waals surface area contributed by atoms with Gasteiger partial charge in [0.15, 0.2) is 12.4 Å². The molecular weight excluding hydrogens is 366 g/mol. The van der Waals surface area contributed by atoms with Crippen LogP contribution < -0.4 is 4.74 Å². The molecule has 1 aromatic carbocycles. The van der Waals surface area contributed by atoms with E-state index in [9.17, 15) is 4.79 Å². The molecule has 2 heterocycles. The molecule has 0 aliphatic heterocycles. The number of carbonyl (C=O) groups excluding carboxylic acids is 1. The van der Waals surface area contributed by atoms with E-state index in [-0.39, 0.29) is 12.6 Å². The Balaban J connectivity index is 1.64. The summed E-state index contributed by atoms with van der Waals surface area (Å²) in [6.45, 7) is 4.59. The van der Waals surface area contributed by atoms with Crippen molar-refractivity contribution >= 4 is 17.5 Å². The van der Waals surface area contributed by atoms with E-state index in [0.29, 0.717) is 23.0 Å². The summed E-state index contributed by atoms with van der Waals surface area (Å²) in [4.78, 5) is 14.3. The van der Waals surface area contributed by atoms with Gasteiger partial charge in [0.25, 0.3) is 5.91 Å². The normalized spacial score (nSPS) is 10.9. The Morgan fingerprint density at radius 3 is 2.63 bits per heavy atom. The maximum Gasteiger partial charge on any atom is 0.274 e. The molecule has 7 nitrogen and oxygen atoms in total. The van der Waals surface area contributed by atoms with Gasteiger partial charge in [-0.25, -0.2) is 4.68 Å². The van der Waals surface area contributed by atoms with Crippen LogP contribution in [0.2, 0.25) is 5.02 Å². The Bertz CT molecular complexity index is 963. The molecular formula is C19H22ClN5O2. The minimum atomic E-state index is -0.158. The maximum atomic E-state index is 12.7. The van der Waals surface area contributed by atoms with Crippen molar-refractivity contribution in [3.05, 3.63) is 64.2 Å². The molecule has 8 heteroatoms. The first-order chi connectivity index (χ1) is 12.9. The van der Waals surface area contributed by atoms with E-state index in [0.717, 1.165) is 17.0 Å². The lowest BCUT2D eigenvalue weighted by Gasteiger charge is -2.16. The number of rotatable bonds is 6. The van der Waals surface area contributed by atoms with Crippen LogP contribution in [0.15, 0.2) is 36.5 Å². The van der Waals surface area contributed by atoms with E-state index in [4.69, 9.17) is 16.3 Å². The Morgan fingerprint density at radius 1 is 1.22 bits per heavy atom. The molecule has 2 aromatic heterocycles. The van der Waals surface area contributed by atoms with Crippen LogP contribution in [0.1, 0.15) is 27.4 Å². The zero-order valence-corrected chi connectivity index (χ0v) is 16.6. The Morgan fingerprint density at radius 2 is 1.96 bits per heavy atom. The third kappa shape index (κ3) is 4.14. The smallest absolute Gasteiger partial charge is 0.274 e. The Hall–Kier alpha value is -2.80. The third-order valence-electron chi connectivity index (χ3n) is 4.45. The highest BCUT2D eigenvalue weighted by atomic mass is 35.5. The number of aryl methyl sites for hydroxylation is 2. The van der Waals surface area contributed by atoms with Crippen molar-refractivity contribution in [3.8, 4) is 5.75 Å². The number of para-hydroxylation sites is 1. The van der Waals surface area contributed by atoms with E-state index < -0.39 is 0 Å². The maximum absolute atomic E-state index is 12.7. The van der Waals surface area contributed by atoms with Crippen LogP contribution in [-0.4, -0.2) is 37.4 Å². The molecule has 27 heavy (non-hydrogen) atoms. The van der Waals surface area contributed by atoms with E-state index in [1.807, 2.05) is 37.7 Å². The molecule has 0 aliphatic carbocycles. The van der Waals surface area contributed by atoms with Gasteiger partial charge in [-0.2, -0.15) is 10.2 Å². The third-order valence-corrected chi connectivity index (χ3v) is 4.76. The summed E-state index contributed by atoms with van der Waals surface area (Å²) in [7, 11) is 3.65. The monoisotopic (exact) mass is 387 g/mol. The van der Waals surface area contributed by atoms with Gasteiger partial charge in [0, 0.05) is 38.1 Å². The number of benzene rings is 1. The molecule has 3 rings (SSSR count). The molecule has 0 fully saturated rings. The first-order valence-corrected chi connectivity index (χ1v) is 8.90. The van der Waals surface area contributed by atoms with Gasteiger partial charge in [-0.15, -0.1) is 0 Å². The highest BCUT2D eigenvalue weighted by Crippen LogP contribution is 2.23. The average Bonchev–Trinajstić information content (AvgIpc) is 3.21. The fraction of sp³-hybridized carbons (Fsp3) is 0.316. The van der Waals surface area contributed by atoms with Gasteiger partial charge in [-0.05, 0) is 32.0 Å². The molecule has 0 atom stereocenters. The predicted octanol–water partition coefficient (Wildman–Crippen LogP) is 3.20. The van der Waals surface area contributed by atoms with Crippen molar-refractivity contribution < 1.29 is 9.53 Å². The van der Waals surface area contributed by atoms with Crippen LogP contribution in [-0.2, 0) is 20.3 Å². The second-order valence-corrected chi connectivity index (χ2v) is 6.79. The zero-order chi connectivity index (χ0) is 19.6. The molecule has 0 aliphatic rings. The predicted molar refractivity (Wildman–Crippen MR) is 103 cm³/mol. The van der Waals surface area contributed by atoms with E-state index in [1.165, 1.54) is 0 Å². The van der Waals surface area contributed by atoms with Gasteiger partial charge in [-0.3, -0.25) is 9.48 Å². The van der Waals surface area contributed by atoms with Crippen LogP contribution in [0, 0.1) is 13.8 Å². The van der Waals surface area contributed by atoms with Crippen LogP contribution in [0.4, 0.5) is 0 Å². The largest absolute Gasteiger partial charge is 0.470 e. The summed E-state index contributed by atoms with van der Waals surface area (Å²) in [5.74, 6) is 0.413. The fourth-order valence-corrected chi connectivity index (χ4v) is 2.99. The molecule has 3 aromatic rings. The van der Waals surface area contributed by atoms with Crippen LogP contribution in [0.25, 0.3) is 0 Å². The lowest BCUT2D eigenvalue weighted by atomic mass is 10.2. The summed E-state index contributed by atoms with van der Waals surface area (Å²) in [5, 5.41) is 9.23. The van der Waals surface area contributed by atoms with Crippen molar-refractivity contribution in [1.82, 2.24) is 24.5 Å². The van der Waals surface area contributed by atoms with Crippen LogP contribution in [0.5, 0.6) is 5.75 Å². The number of nitrogens with zero attached hydrogens (tertiary/aromatic N) is 5. The molecule has 0 saturated heterocycles. The second-order valence-electron chi connectivity index (χ2n) is 6.38. The number of halogens is 1. The van der Waals surface area contributed by atoms with Crippen molar-refractivity contribution in [2.75, 3.05) is 7.05 Å². The Kier molecular flexibility index (Phi) is 5.51. The number of hydrogen-bond donors (Lipinski definition) is 0. The summed E-state index contributed by atoms with van der Waals surface area (Å²) < 4.78 is 9.02. The lowest BCUT2D eigenvalue weighted by Crippen LogP contribution is -2.27. The molecule has 0 spiro atoms. The number of carbonyl (C=O) groups is 1. The zero-order valence-electron chi connectivity index (χ0n) is 15.8. The molecule has 1 amide bonds. The fourth-order valence-electron chi connectivity index (χ4n) is 2.80. The summed E-state index contributed by atoms with van der Waals surface area (Å²) in [6, 6.07) is 8.90. The summed E-state index contributed by atoms with van der Waals surface area (Å²) >= 11 is 6.07. The van der Waals surface area contributed by atoms with Gasteiger partial charge in [-0.1, -0.05) is 23.7 Å². The standard InChI is InChI=1S/C19H22ClN5O2/c1-13-15(14(2)24(4)21-13)11-23(3)19(26)17-9-10-25(22-17)12-27-18-8-6-5-7-16(18)20/h5-10H,11-12H2,1-4H3. The first-order valence-electron chi connectivity index (χ1n) is 8.52. The number of ether oxygens (including phenoxy) is 1. The lowest BCUT2D eigenvalue weighted by molar-refractivity contribution is 0.0776. The van der Waals surface area contributed by atoms with E-state index in [2.05, 4.69) is 10.2 Å². The molecule has 0 N–H and O–H groups in total. The number of aromatic nitrogens is 4. The van der Waals surface area contributed by atoms with Gasteiger partial charge in [0.2, 0.25) is 0 Å². The van der Waals surface area contributed by atoms with Gasteiger partial charge in [0.05, 0.1) is 10.7 Å². The van der Waals surface area contributed by atoms with Crippen LogP contribution >= 0.6 is 11.6 Å². The van der Waals surface area contributed by atoms with Gasteiger partial charge < -0.3 is 9.64 Å². The van der Waals surface area contributed by atoms with Crippen molar-refractivity contribution in [2.24, 2.45) is 7.05 Å². The minimum Gasteiger partial charge on any atom is -0.470 e. The average molecular weight is 388 g/mol. The highest BCUT2D eigenvalue weighted by molar-refractivity contribution is 6.32. The molecule has 0 bridgehead atoms. The van der Waals surface area contributed by atoms with Gasteiger partial charge >= 0.3 is 0 Å². The van der Waals surface area contributed by atoms with Crippen LogP contribution in [0.3, 0.4) is 0 Å². The molecule has 0 unspecified atom stereocenters. The SMILES string of the molecule is Cc1nn(C)c(C)c1CN(C)C(=O)c1ccn(COc2ccccc2Cl)n1. The van der Waals surface area contributed by atoms with Crippen molar-refractivity contribution in [2.45, 2.75) is 27.1 Å². The van der Waals surface area contributed by atoms with Crippen molar-refractivity contribution in [1.29, 1.82) is 0 Å². The van der Waals surface area contributed by atoms with Gasteiger partial charge in [0.1, 0.15) is 5.75 Å². The summed E-state index contributed by atoms with van der Waals surface area (Å²) in [5.41, 5.74) is 3.38. The topological polar surface area (TPSA) is 65.2 Å². The number of amides is 1.